The summed E-state index contributed by atoms with van der Waals surface area (Å²) in [7, 11) is 0. The molecule has 2 aromatic carbocycles. The average Bonchev–Trinajstić information content (AvgIpc) is 2.76. The van der Waals surface area contributed by atoms with Crippen molar-refractivity contribution in [2.75, 3.05) is 6.61 Å². The lowest BCUT2D eigenvalue weighted by Gasteiger charge is -2.10. The Morgan fingerprint density at radius 1 is 0.733 bits per heavy atom. The molecule has 0 heterocycles. The van der Waals surface area contributed by atoms with Crippen LogP contribution in [0.2, 0.25) is 0 Å². The molecule has 4 heteroatoms. The van der Waals surface area contributed by atoms with E-state index in [0.717, 1.165) is 24.0 Å². The highest BCUT2D eigenvalue weighted by atomic mass is 16.5. The number of carbonyl (C=O) groups is 2. The van der Waals surface area contributed by atoms with E-state index in [1.54, 1.807) is 24.3 Å². The van der Waals surface area contributed by atoms with Crippen LogP contribution < -0.4 is 0 Å². The van der Waals surface area contributed by atoms with E-state index < -0.39 is 11.9 Å². The van der Waals surface area contributed by atoms with Gasteiger partial charge in [-0.25, -0.2) is 9.59 Å². The van der Waals surface area contributed by atoms with Crippen molar-refractivity contribution in [2.45, 2.75) is 71.8 Å². The van der Waals surface area contributed by atoms with Crippen molar-refractivity contribution in [3.63, 3.8) is 0 Å². The molecule has 0 N–H and O–H groups in total. The molecule has 0 bridgehead atoms. The Kier molecular flexibility index (Phi) is 10.7. The molecule has 0 spiro atoms. The highest BCUT2D eigenvalue weighted by Gasteiger charge is 2.19. The van der Waals surface area contributed by atoms with Crippen LogP contribution >= 0.6 is 0 Å². The van der Waals surface area contributed by atoms with Crippen molar-refractivity contribution in [1.82, 2.24) is 0 Å². The fraction of sp³-hybridized carbons (Fsp3) is 0.462. The van der Waals surface area contributed by atoms with Gasteiger partial charge in [-0.05, 0) is 31.0 Å². The highest BCUT2D eigenvalue weighted by Crippen LogP contribution is 2.15. The third-order valence-corrected chi connectivity index (χ3v) is 5.05. The zero-order valence-electron chi connectivity index (χ0n) is 18.3. The standard InChI is InChI=1S/C26H34O4/c1-3-4-5-6-7-8-9-12-18-29-25(27)23-16-10-11-17-24(23)26(28)30-20-22-15-13-14-21(2)19-22/h10-11,13-17,19H,3-9,12,18,20H2,1-2H3. The summed E-state index contributed by atoms with van der Waals surface area (Å²) in [6.45, 7) is 4.75. The quantitative estimate of drug-likeness (QED) is 0.274. The first-order valence-corrected chi connectivity index (χ1v) is 11.1. The second-order valence-electron chi connectivity index (χ2n) is 7.72. The Morgan fingerprint density at radius 3 is 1.97 bits per heavy atom. The molecule has 2 aromatic rings. The van der Waals surface area contributed by atoms with Gasteiger partial charge >= 0.3 is 11.9 Å². The number of carbonyl (C=O) groups excluding carboxylic acids is 2. The Labute approximate surface area is 180 Å². The first-order valence-electron chi connectivity index (χ1n) is 11.1. The maximum absolute atomic E-state index is 12.5. The largest absolute Gasteiger partial charge is 0.462 e. The first-order chi connectivity index (χ1) is 14.6. The maximum Gasteiger partial charge on any atom is 0.339 e. The molecule has 0 amide bonds. The van der Waals surface area contributed by atoms with Crippen LogP contribution in [0.3, 0.4) is 0 Å². The molecule has 0 fully saturated rings. The van der Waals surface area contributed by atoms with Gasteiger partial charge in [0.2, 0.25) is 0 Å². The number of rotatable bonds is 13. The monoisotopic (exact) mass is 410 g/mol. The minimum absolute atomic E-state index is 0.169. The molecule has 0 saturated carbocycles. The van der Waals surface area contributed by atoms with Gasteiger partial charge in [0.1, 0.15) is 6.61 Å². The fourth-order valence-electron chi connectivity index (χ4n) is 3.35. The summed E-state index contributed by atoms with van der Waals surface area (Å²) in [6, 6.07) is 14.5. The van der Waals surface area contributed by atoms with Gasteiger partial charge in [0, 0.05) is 0 Å². The van der Waals surface area contributed by atoms with E-state index in [4.69, 9.17) is 9.47 Å². The molecule has 0 aromatic heterocycles. The maximum atomic E-state index is 12.5. The summed E-state index contributed by atoms with van der Waals surface area (Å²) in [5.41, 5.74) is 2.52. The van der Waals surface area contributed by atoms with E-state index in [1.807, 2.05) is 31.2 Å². The molecule has 4 nitrogen and oxygen atoms in total. The molecule has 162 valence electrons. The van der Waals surface area contributed by atoms with Crippen molar-refractivity contribution >= 4 is 11.9 Å². The molecule has 30 heavy (non-hydrogen) atoms. The van der Waals surface area contributed by atoms with E-state index in [2.05, 4.69) is 6.92 Å². The Hall–Kier alpha value is -2.62. The number of benzene rings is 2. The molecule has 0 aliphatic rings. The fourth-order valence-corrected chi connectivity index (χ4v) is 3.35. The van der Waals surface area contributed by atoms with Gasteiger partial charge in [0.25, 0.3) is 0 Å². The van der Waals surface area contributed by atoms with Crippen LogP contribution in [0.25, 0.3) is 0 Å². The average molecular weight is 411 g/mol. The summed E-state index contributed by atoms with van der Waals surface area (Å²) in [5.74, 6) is -0.989. The summed E-state index contributed by atoms with van der Waals surface area (Å²) in [5, 5.41) is 0. The van der Waals surface area contributed by atoms with Gasteiger partial charge in [-0.2, -0.15) is 0 Å². The molecule has 0 atom stereocenters. The summed E-state index contributed by atoms with van der Waals surface area (Å²) < 4.78 is 10.8. The number of hydrogen-bond acceptors (Lipinski definition) is 4. The minimum atomic E-state index is -0.517. The predicted molar refractivity (Wildman–Crippen MR) is 120 cm³/mol. The van der Waals surface area contributed by atoms with Crippen LogP contribution in [0.15, 0.2) is 48.5 Å². The first kappa shape index (κ1) is 23.7. The van der Waals surface area contributed by atoms with Gasteiger partial charge in [0.05, 0.1) is 17.7 Å². The van der Waals surface area contributed by atoms with E-state index >= 15 is 0 Å². The third-order valence-electron chi connectivity index (χ3n) is 5.05. The van der Waals surface area contributed by atoms with Crippen molar-refractivity contribution in [3.8, 4) is 0 Å². The molecule has 0 aliphatic carbocycles. The Balaban J connectivity index is 1.77. The number of esters is 2. The molecular formula is C26H34O4. The minimum Gasteiger partial charge on any atom is -0.462 e. The lowest BCUT2D eigenvalue weighted by molar-refractivity contribution is 0.0436. The molecule has 0 saturated heterocycles. The van der Waals surface area contributed by atoms with Crippen LogP contribution in [0.5, 0.6) is 0 Å². The third kappa shape index (κ3) is 8.40. The second-order valence-corrected chi connectivity index (χ2v) is 7.72. The Morgan fingerprint density at radius 2 is 1.33 bits per heavy atom. The van der Waals surface area contributed by atoms with Crippen molar-refractivity contribution < 1.29 is 19.1 Å². The van der Waals surface area contributed by atoms with Crippen LogP contribution in [0, 0.1) is 6.92 Å². The number of unbranched alkanes of at least 4 members (excludes halogenated alkanes) is 7. The van der Waals surface area contributed by atoms with Crippen molar-refractivity contribution in [3.05, 3.63) is 70.8 Å². The van der Waals surface area contributed by atoms with Crippen molar-refractivity contribution in [1.29, 1.82) is 0 Å². The molecule has 0 aliphatic heterocycles. The van der Waals surface area contributed by atoms with Crippen LogP contribution in [0.4, 0.5) is 0 Å². The molecular weight excluding hydrogens is 376 g/mol. The van der Waals surface area contributed by atoms with Gasteiger partial charge in [-0.3, -0.25) is 0 Å². The molecule has 2 rings (SSSR count). The van der Waals surface area contributed by atoms with E-state index in [9.17, 15) is 9.59 Å². The topological polar surface area (TPSA) is 52.6 Å². The van der Waals surface area contributed by atoms with E-state index in [-0.39, 0.29) is 17.7 Å². The zero-order chi connectivity index (χ0) is 21.6. The van der Waals surface area contributed by atoms with Crippen LogP contribution in [-0.4, -0.2) is 18.5 Å². The summed E-state index contributed by atoms with van der Waals surface area (Å²) in [4.78, 5) is 25.0. The predicted octanol–water partition coefficient (Wildman–Crippen LogP) is 6.65. The normalized spacial score (nSPS) is 10.6. The lowest BCUT2D eigenvalue weighted by atomic mass is 10.1. The molecule has 0 radical (unpaired) electrons. The number of ether oxygens (including phenoxy) is 2. The highest BCUT2D eigenvalue weighted by molar-refractivity contribution is 6.03. The second kappa shape index (κ2) is 13.6. The van der Waals surface area contributed by atoms with Gasteiger partial charge in [0.15, 0.2) is 0 Å². The van der Waals surface area contributed by atoms with Crippen molar-refractivity contribution in [2.24, 2.45) is 0 Å². The zero-order valence-corrected chi connectivity index (χ0v) is 18.3. The number of hydrogen-bond donors (Lipinski definition) is 0. The van der Waals surface area contributed by atoms with Gasteiger partial charge < -0.3 is 9.47 Å². The summed E-state index contributed by atoms with van der Waals surface area (Å²) >= 11 is 0. The van der Waals surface area contributed by atoms with Crippen LogP contribution in [-0.2, 0) is 16.1 Å². The Bertz CT molecular complexity index is 797. The SMILES string of the molecule is CCCCCCCCCCOC(=O)c1ccccc1C(=O)OCc1cccc(C)c1. The van der Waals surface area contributed by atoms with Crippen LogP contribution in [0.1, 0.15) is 90.1 Å². The van der Waals surface area contributed by atoms with Gasteiger partial charge in [-0.1, -0.05) is 93.8 Å². The smallest absolute Gasteiger partial charge is 0.339 e. The lowest BCUT2D eigenvalue weighted by Crippen LogP contribution is -2.14. The van der Waals surface area contributed by atoms with E-state index in [0.29, 0.717) is 6.61 Å². The van der Waals surface area contributed by atoms with E-state index in [1.165, 1.54) is 38.5 Å². The van der Waals surface area contributed by atoms with Gasteiger partial charge in [-0.15, -0.1) is 0 Å². The molecule has 0 unspecified atom stereocenters. The number of aryl methyl sites for hydroxylation is 1. The summed E-state index contributed by atoms with van der Waals surface area (Å²) in [6.07, 6.45) is 9.47.